The van der Waals surface area contributed by atoms with Crippen LogP contribution in [-0.2, 0) is 20.8 Å². The van der Waals surface area contributed by atoms with Gasteiger partial charge in [-0.1, -0.05) is 49.3 Å². The lowest BCUT2D eigenvalue weighted by atomic mass is 9.80. The molecule has 0 spiro atoms. The number of allylic oxidation sites excluding steroid dienone is 2. The average Bonchev–Trinajstić information content (AvgIpc) is 3.06. The van der Waals surface area contributed by atoms with Gasteiger partial charge in [0.25, 0.3) is 0 Å². The van der Waals surface area contributed by atoms with Crippen LogP contribution in [0.25, 0.3) is 16.5 Å². The second kappa shape index (κ2) is 15.1. The third kappa shape index (κ3) is 7.92. The van der Waals surface area contributed by atoms with E-state index in [0.29, 0.717) is 19.0 Å². The minimum Gasteiger partial charge on any atom is -0.481 e. The number of hydrogen-bond acceptors (Lipinski definition) is 8. The Hall–Kier alpha value is -3.63. The molecule has 0 saturated carbocycles. The number of ether oxygens (including phenoxy) is 2. The lowest BCUT2D eigenvalue weighted by molar-refractivity contribution is -0.138. The van der Waals surface area contributed by atoms with Crippen molar-refractivity contribution in [2.24, 2.45) is 5.92 Å². The summed E-state index contributed by atoms with van der Waals surface area (Å²) in [6.45, 7) is 13.2. The molecule has 3 atom stereocenters. The van der Waals surface area contributed by atoms with Crippen molar-refractivity contribution < 1.29 is 19.4 Å². The van der Waals surface area contributed by atoms with E-state index in [0.717, 1.165) is 81.5 Å². The molecule has 0 radical (unpaired) electrons. The maximum atomic E-state index is 11.5. The largest absolute Gasteiger partial charge is 0.481 e. The van der Waals surface area contributed by atoms with E-state index in [1.54, 1.807) is 0 Å². The van der Waals surface area contributed by atoms with E-state index < -0.39 is 11.7 Å². The van der Waals surface area contributed by atoms with Crippen molar-refractivity contribution in [3.8, 4) is 0 Å². The van der Waals surface area contributed by atoms with Crippen LogP contribution in [0, 0.1) is 19.8 Å². The molecule has 9 nitrogen and oxygen atoms in total. The minimum atomic E-state index is -0.827. The highest BCUT2D eigenvalue weighted by atomic mass is 16.5. The maximum absolute atomic E-state index is 11.5. The van der Waals surface area contributed by atoms with Gasteiger partial charge in [0.2, 0.25) is 0 Å². The molecule has 250 valence electrons. The number of fused-ring (bicyclic) bond motifs is 1. The number of benzene rings is 1. The van der Waals surface area contributed by atoms with Gasteiger partial charge in [0.05, 0.1) is 26.2 Å². The molecule has 1 aromatic carbocycles. The molecule has 2 aromatic heterocycles. The molecule has 2 aliphatic heterocycles. The quantitative estimate of drug-likeness (QED) is 0.177. The Morgan fingerprint density at radius 1 is 1.13 bits per heavy atom. The van der Waals surface area contributed by atoms with Crippen molar-refractivity contribution in [3.63, 3.8) is 0 Å². The minimum absolute atomic E-state index is 0.0149. The number of pyridine rings is 2. The van der Waals surface area contributed by atoms with Gasteiger partial charge in [0.1, 0.15) is 5.52 Å². The Morgan fingerprint density at radius 2 is 1.98 bits per heavy atom. The van der Waals surface area contributed by atoms with Gasteiger partial charge < -0.3 is 19.9 Å². The second-order valence-corrected chi connectivity index (χ2v) is 13.4. The third-order valence-corrected chi connectivity index (χ3v) is 10.0. The van der Waals surface area contributed by atoms with Gasteiger partial charge >= 0.3 is 5.97 Å². The van der Waals surface area contributed by atoms with Crippen molar-refractivity contribution in [1.29, 1.82) is 0 Å². The first-order valence-electron chi connectivity index (χ1n) is 17.2. The van der Waals surface area contributed by atoms with E-state index >= 15 is 0 Å². The highest BCUT2D eigenvalue weighted by Crippen LogP contribution is 2.41. The van der Waals surface area contributed by atoms with Crippen LogP contribution in [0.3, 0.4) is 0 Å². The first-order valence-corrected chi connectivity index (χ1v) is 17.2. The molecule has 2 fully saturated rings. The van der Waals surface area contributed by atoms with Crippen molar-refractivity contribution in [2.45, 2.75) is 71.2 Å². The molecular weight excluding hydrogens is 590 g/mol. The Bertz CT molecular complexity index is 1620. The zero-order valence-electron chi connectivity index (χ0n) is 28.1. The number of carbonyl (C=O) groups is 1. The number of likely N-dealkylation sites (tertiary alicyclic amines) is 1. The number of nitrogens with zero attached hydrogens (tertiary/aromatic N) is 4. The van der Waals surface area contributed by atoms with Crippen LogP contribution < -0.4 is 5.32 Å². The summed E-state index contributed by atoms with van der Waals surface area (Å²) < 4.78 is 12.4. The fourth-order valence-electron chi connectivity index (χ4n) is 7.39. The lowest BCUT2D eigenvalue weighted by Crippen LogP contribution is -2.48. The van der Waals surface area contributed by atoms with Gasteiger partial charge in [-0.25, -0.2) is 4.98 Å². The monoisotopic (exact) mass is 639 g/mol. The highest BCUT2D eigenvalue weighted by molar-refractivity contribution is 5.89. The fraction of sp³-hybridized carbons (Fsp3) is 0.500. The number of anilines is 1. The normalized spacial score (nSPS) is 23.9. The summed E-state index contributed by atoms with van der Waals surface area (Å²) in [6.07, 6.45) is 14.4. The third-order valence-electron chi connectivity index (χ3n) is 10.0. The van der Waals surface area contributed by atoms with E-state index in [2.05, 4.69) is 78.4 Å². The number of morpholine rings is 1. The topological polar surface area (TPSA) is 100 Å². The number of aliphatic carboxylic acids is 1. The Labute approximate surface area is 278 Å². The Kier molecular flexibility index (Phi) is 10.7. The van der Waals surface area contributed by atoms with Crippen LogP contribution in [0.1, 0.15) is 61.3 Å². The number of hydrogen-bond donors (Lipinski definition) is 2. The SMILES string of the molecule is Cc1ccc(C2=CC=CC(Nc3nccc4cc(CN5CCCCC5CC(=O)O)cnc34)(OCCCN3CCOCC3)C2C)c(C)c1. The molecule has 0 amide bonds. The van der Waals surface area contributed by atoms with E-state index in [-0.39, 0.29) is 18.4 Å². The molecule has 9 heteroatoms. The van der Waals surface area contributed by atoms with Crippen LogP contribution in [0.15, 0.2) is 61.0 Å². The number of aryl methyl sites for hydroxylation is 2. The van der Waals surface area contributed by atoms with Gasteiger partial charge in [-0.05, 0) is 80.1 Å². The van der Waals surface area contributed by atoms with Crippen molar-refractivity contribution in [3.05, 3.63) is 83.2 Å². The molecule has 2 saturated heterocycles. The van der Waals surface area contributed by atoms with Gasteiger partial charge in [0, 0.05) is 55.9 Å². The Morgan fingerprint density at radius 3 is 2.79 bits per heavy atom. The number of carboxylic acids is 1. The molecule has 1 aliphatic carbocycles. The number of carboxylic acid groups (broad SMARTS) is 1. The Balaban J connectivity index is 1.25. The number of piperidine rings is 1. The summed E-state index contributed by atoms with van der Waals surface area (Å²) in [5.41, 5.74) is 5.98. The van der Waals surface area contributed by atoms with Gasteiger partial charge in [-0.2, -0.15) is 0 Å². The second-order valence-electron chi connectivity index (χ2n) is 13.4. The number of aromatic nitrogens is 2. The van der Waals surface area contributed by atoms with Gasteiger partial charge in [0.15, 0.2) is 11.5 Å². The van der Waals surface area contributed by atoms with Crippen LogP contribution in [0.4, 0.5) is 5.82 Å². The molecular formula is C38H49N5O4. The molecule has 47 heavy (non-hydrogen) atoms. The van der Waals surface area contributed by atoms with E-state index in [1.165, 1.54) is 22.3 Å². The van der Waals surface area contributed by atoms with E-state index in [1.807, 2.05) is 18.5 Å². The van der Waals surface area contributed by atoms with Gasteiger partial charge in [-0.15, -0.1) is 0 Å². The van der Waals surface area contributed by atoms with Crippen molar-refractivity contribution in [2.75, 3.05) is 51.3 Å². The van der Waals surface area contributed by atoms with Crippen LogP contribution in [0.5, 0.6) is 0 Å². The maximum Gasteiger partial charge on any atom is 0.304 e. The molecule has 3 unspecified atom stereocenters. The fourth-order valence-corrected chi connectivity index (χ4v) is 7.39. The molecule has 3 aliphatic rings. The number of nitrogens with one attached hydrogen (secondary N) is 1. The summed E-state index contributed by atoms with van der Waals surface area (Å²) in [6, 6.07) is 10.9. The summed E-state index contributed by atoms with van der Waals surface area (Å²) in [4.78, 5) is 26.0. The zero-order chi connectivity index (χ0) is 32.8. The summed E-state index contributed by atoms with van der Waals surface area (Å²) in [5, 5.41) is 14.2. The van der Waals surface area contributed by atoms with Crippen LogP contribution in [0.2, 0.25) is 0 Å². The molecule has 2 N–H and O–H groups in total. The van der Waals surface area contributed by atoms with Crippen LogP contribution >= 0.6 is 0 Å². The summed E-state index contributed by atoms with van der Waals surface area (Å²) in [7, 11) is 0. The van der Waals surface area contributed by atoms with Crippen molar-refractivity contribution in [1.82, 2.24) is 19.8 Å². The first kappa shape index (κ1) is 33.3. The zero-order valence-corrected chi connectivity index (χ0v) is 28.1. The average molecular weight is 640 g/mol. The number of rotatable bonds is 12. The van der Waals surface area contributed by atoms with Crippen LogP contribution in [-0.4, -0.2) is 88.6 Å². The standard InChI is InChI=1S/C38H49N5O4/c1-27-10-11-33(28(2)22-27)34-9-6-13-38(29(34)3,47-19-7-15-42-17-20-46-21-18-42)41-37-36-31(12-14-39-37)23-30(25-40-36)26-43-16-5-4-8-32(43)24-35(44)45/h6,9-14,22-23,25,29,32H,4-5,7-8,15-21,24,26H2,1-3H3,(H,39,41)(H,44,45). The highest BCUT2D eigenvalue weighted by Gasteiger charge is 2.40. The van der Waals surface area contributed by atoms with Gasteiger partial charge in [-0.3, -0.25) is 19.6 Å². The smallest absolute Gasteiger partial charge is 0.304 e. The predicted octanol–water partition coefficient (Wildman–Crippen LogP) is 6.21. The lowest BCUT2D eigenvalue weighted by Gasteiger charge is -2.41. The molecule has 4 heterocycles. The summed E-state index contributed by atoms with van der Waals surface area (Å²) in [5.74, 6) is -0.0691. The van der Waals surface area contributed by atoms with Crippen molar-refractivity contribution >= 4 is 28.3 Å². The first-order chi connectivity index (χ1) is 22.8. The van der Waals surface area contributed by atoms with E-state index in [4.69, 9.17) is 19.4 Å². The molecule has 6 rings (SSSR count). The predicted molar refractivity (Wildman–Crippen MR) is 186 cm³/mol. The molecule has 3 aromatic rings. The summed E-state index contributed by atoms with van der Waals surface area (Å²) >= 11 is 0. The molecule has 0 bridgehead atoms. The van der Waals surface area contributed by atoms with E-state index in [9.17, 15) is 9.90 Å².